The van der Waals surface area contributed by atoms with E-state index in [0.717, 1.165) is 16.8 Å². The molecule has 0 bridgehead atoms. The third kappa shape index (κ3) is 4.86. The molecule has 0 aliphatic carbocycles. The maximum atomic E-state index is 14.1. The van der Waals surface area contributed by atoms with Gasteiger partial charge in [0.05, 0.1) is 33.9 Å². The highest BCUT2D eigenvalue weighted by atomic mass is 32.2. The third-order valence-corrected chi connectivity index (χ3v) is 8.26. The van der Waals surface area contributed by atoms with E-state index in [4.69, 9.17) is 0 Å². The minimum atomic E-state index is -3.46. The molecule has 12 heteroatoms. The van der Waals surface area contributed by atoms with Crippen LogP contribution in [0.2, 0.25) is 0 Å². The molecule has 2 heterocycles. The molecular weight excluding hydrogens is 494 g/mol. The molecule has 1 aromatic heterocycles. The summed E-state index contributed by atoms with van der Waals surface area (Å²) in [5, 5.41) is 12.9. The molecule has 1 aliphatic rings. The number of piperazine rings is 1. The lowest BCUT2D eigenvalue weighted by Crippen LogP contribution is -2.50. The van der Waals surface area contributed by atoms with Gasteiger partial charge in [-0.2, -0.15) is 14.1 Å². The van der Waals surface area contributed by atoms with Crippen LogP contribution in [0.5, 0.6) is 0 Å². The van der Waals surface area contributed by atoms with E-state index in [0.29, 0.717) is 6.07 Å². The molecule has 1 fully saturated rings. The Morgan fingerprint density at radius 1 is 1.03 bits per heavy atom. The van der Waals surface area contributed by atoms with Gasteiger partial charge in [0.15, 0.2) is 0 Å². The van der Waals surface area contributed by atoms with Crippen molar-refractivity contribution in [1.29, 1.82) is 0 Å². The number of halogens is 2. The van der Waals surface area contributed by atoms with E-state index in [2.05, 4.69) is 5.10 Å². The Morgan fingerprint density at radius 2 is 1.67 bits per heavy atom. The topological polar surface area (TPSA) is 113 Å². The molecule has 1 saturated heterocycles. The van der Waals surface area contributed by atoms with Crippen LogP contribution in [-0.4, -0.2) is 65.0 Å². The number of aromatic carboxylic acids is 1. The molecule has 3 aromatic rings. The number of hydrogen-bond acceptors (Lipinski definition) is 6. The fourth-order valence-corrected chi connectivity index (χ4v) is 5.36. The highest BCUT2D eigenvalue weighted by Crippen LogP contribution is 2.30. The van der Waals surface area contributed by atoms with Crippen LogP contribution in [0, 0.1) is 11.6 Å². The summed E-state index contributed by atoms with van der Waals surface area (Å²) >= 11 is 0. The molecule has 0 atom stereocenters. The number of benzene rings is 2. The predicted molar refractivity (Wildman–Crippen MR) is 130 cm³/mol. The summed E-state index contributed by atoms with van der Waals surface area (Å²) in [6.07, 6.45) is 1.36. The van der Waals surface area contributed by atoms with Gasteiger partial charge >= 0.3 is 5.97 Å². The summed E-state index contributed by atoms with van der Waals surface area (Å²) in [4.78, 5) is 26.8. The number of carboxylic acid groups (broad SMARTS) is 1. The smallest absolute Gasteiger partial charge is 0.335 e. The summed E-state index contributed by atoms with van der Waals surface area (Å²) in [5.41, 5.74) is -0.377. The van der Waals surface area contributed by atoms with Crippen molar-refractivity contribution in [1.82, 2.24) is 14.1 Å². The first-order chi connectivity index (χ1) is 17.0. The zero-order chi connectivity index (χ0) is 26.2. The maximum absolute atomic E-state index is 14.1. The van der Waals surface area contributed by atoms with Crippen molar-refractivity contribution in [3.63, 3.8) is 0 Å². The molecule has 0 amide bonds. The minimum Gasteiger partial charge on any atom is -0.478 e. The van der Waals surface area contributed by atoms with E-state index in [1.165, 1.54) is 34.8 Å². The fourth-order valence-electron chi connectivity index (χ4n) is 4.09. The second kappa shape index (κ2) is 9.78. The lowest BCUT2D eigenvalue weighted by atomic mass is 10.0. The van der Waals surface area contributed by atoms with E-state index < -0.39 is 38.4 Å². The van der Waals surface area contributed by atoms with Crippen LogP contribution in [-0.2, 0) is 10.0 Å². The zero-order valence-electron chi connectivity index (χ0n) is 19.6. The molecule has 0 saturated carbocycles. The molecule has 0 radical (unpaired) electrons. The lowest BCUT2D eigenvalue weighted by Gasteiger charge is -2.36. The largest absolute Gasteiger partial charge is 0.478 e. The number of rotatable bonds is 6. The van der Waals surface area contributed by atoms with Gasteiger partial charge in [-0.05, 0) is 49.7 Å². The van der Waals surface area contributed by atoms with Gasteiger partial charge in [0, 0.05) is 32.2 Å². The van der Waals surface area contributed by atoms with E-state index in [-0.39, 0.29) is 54.2 Å². The van der Waals surface area contributed by atoms with Crippen LogP contribution in [0.15, 0.2) is 53.5 Å². The molecule has 1 aliphatic heterocycles. The maximum Gasteiger partial charge on any atom is 0.335 e. The summed E-state index contributed by atoms with van der Waals surface area (Å²) in [6.45, 7) is 4.00. The van der Waals surface area contributed by atoms with Crippen LogP contribution in [0.25, 0.3) is 16.8 Å². The quantitative estimate of drug-likeness (QED) is 0.534. The molecule has 4 rings (SSSR count). The highest BCUT2D eigenvalue weighted by molar-refractivity contribution is 7.89. The predicted octanol–water partition coefficient (Wildman–Crippen LogP) is 2.74. The van der Waals surface area contributed by atoms with Gasteiger partial charge in [-0.25, -0.2) is 22.0 Å². The van der Waals surface area contributed by atoms with Gasteiger partial charge in [-0.3, -0.25) is 4.79 Å². The SMILES string of the molecule is CC(C)S(=O)(=O)N1CCN(c2cnn(-c3cccc(C(=O)O)c3)c(=O)c2-c2cc(F)cc(F)c2)CC1. The Bertz CT molecular complexity index is 1460. The van der Waals surface area contributed by atoms with Crippen molar-refractivity contribution >= 4 is 21.7 Å². The first-order valence-electron chi connectivity index (χ1n) is 11.2. The summed E-state index contributed by atoms with van der Waals surface area (Å²) in [6, 6.07) is 8.32. The van der Waals surface area contributed by atoms with Crippen LogP contribution < -0.4 is 10.5 Å². The number of anilines is 1. The Morgan fingerprint density at radius 3 is 2.25 bits per heavy atom. The van der Waals surface area contributed by atoms with Gasteiger partial charge < -0.3 is 10.0 Å². The molecule has 1 N–H and O–H groups in total. The Kier molecular flexibility index (Phi) is 6.92. The summed E-state index contributed by atoms with van der Waals surface area (Å²) in [5.74, 6) is -2.94. The summed E-state index contributed by atoms with van der Waals surface area (Å²) < 4.78 is 55.7. The van der Waals surface area contributed by atoms with E-state index in [1.54, 1.807) is 18.7 Å². The zero-order valence-corrected chi connectivity index (χ0v) is 20.4. The van der Waals surface area contributed by atoms with Crippen molar-refractivity contribution in [2.24, 2.45) is 0 Å². The third-order valence-electron chi connectivity index (χ3n) is 5.98. The van der Waals surface area contributed by atoms with Crippen LogP contribution in [0.4, 0.5) is 14.5 Å². The second-order valence-corrected chi connectivity index (χ2v) is 11.1. The second-order valence-electron chi connectivity index (χ2n) is 8.62. The van der Waals surface area contributed by atoms with Gasteiger partial charge in [0.25, 0.3) is 5.56 Å². The molecule has 36 heavy (non-hydrogen) atoms. The average molecular weight is 519 g/mol. The first-order valence-corrected chi connectivity index (χ1v) is 12.7. The summed E-state index contributed by atoms with van der Waals surface area (Å²) in [7, 11) is -3.46. The fraction of sp³-hybridized carbons (Fsp3) is 0.292. The number of sulfonamides is 1. The Labute approximate surface area is 206 Å². The monoisotopic (exact) mass is 518 g/mol. The standard InChI is InChI=1S/C24H24F2N4O5S/c1-15(2)36(34,35)29-8-6-28(7-9-29)21-14-27-30(20-5-3-4-16(12-20)24(32)33)23(31)22(21)17-10-18(25)13-19(26)11-17/h3-5,10-15H,6-9H2,1-2H3,(H,32,33). The van der Waals surface area contributed by atoms with Gasteiger partial charge in [-0.1, -0.05) is 6.07 Å². The Hall–Kier alpha value is -3.64. The van der Waals surface area contributed by atoms with E-state index >= 15 is 0 Å². The van der Waals surface area contributed by atoms with Gasteiger partial charge in [-0.15, -0.1) is 0 Å². The van der Waals surface area contributed by atoms with Crippen molar-refractivity contribution in [2.45, 2.75) is 19.1 Å². The molecule has 0 unspecified atom stereocenters. The van der Waals surface area contributed by atoms with Gasteiger partial charge in [0.1, 0.15) is 11.6 Å². The Balaban J connectivity index is 1.82. The minimum absolute atomic E-state index is 0.0183. The molecular formula is C24H24F2N4O5S. The molecule has 2 aromatic carbocycles. The lowest BCUT2D eigenvalue weighted by molar-refractivity contribution is 0.0696. The van der Waals surface area contributed by atoms with Crippen molar-refractivity contribution in [3.8, 4) is 16.8 Å². The van der Waals surface area contributed by atoms with Gasteiger partial charge in [0.2, 0.25) is 10.0 Å². The van der Waals surface area contributed by atoms with E-state index in [1.807, 2.05) is 0 Å². The van der Waals surface area contributed by atoms with Crippen LogP contribution in [0.1, 0.15) is 24.2 Å². The number of hydrogen-bond donors (Lipinski definition) is 1. The number of nitrogens with zero attached hydrogens (tertiary/aromatic N) is 4. The highest BCUT2D eigenvalue weighted by Gasteiger charge is 2.31. The average Bonchev–Trinajstić information content (AvgIpc) is 2.83. The first kappa shape index (κ1) is 25.5. The number of carbonyl (C=O) groups is 1. The van der Waals surface area contributed by atoms with Crippen molar-refractivity contribution in [3.05, 3.63) is 76.2 Å². The van der Waals surface area contributed by atoms with Crippen molar-refractivity contribution in [2.75, 3.05) is 31.1 Å². The van der Waals surface area contributed by atoms with Crippen molar-refractivity contribution < 1.29 is 27.1 Å². The molecule has 190 valence electrons. The molecule has 9 nitrogen and oxygen atoms in total. The number of carboxylic acids is 1. The van der Waals surface area contributed by atoms with Crippen LogP contribution in [0.3, 0.4) is 0 Å². The van der Waals surface area contributed by atoms with Crippen LogP contribution >= 0.6 is 0 Å². The normalized spacial score (nSPS) is 14.9. The molecule has 0 spiro atoms. The number of aromatic nitrogens is 2. The van der Waals surface area contributed by atoms with E-state index in [9.17, 15) is 31.9 Å².